The third kappa shape index (κ3) is 5.18. The van der Waals surface area contributed by atoms with Gasteiger partial charge < -0.3 is 16.4 Å². The van der Waals surface area contributed by atoms with Gasteiger partial charge in [0.05, 0.1) is 5.56 Å². The highest BCUT2D eigenvalue weighted by atomic mass is 35.5. The summed E-state index contributed by atoms with van der Waals surface area (Å²) in [6.45, 7) is 4.01. The third-order valence-electron chi connectivity index (χ3n) is 2.35. The van der Waals surface area contributed by atoms with Crippen molar-refractivity contribution in [3.8, 4) is 0 Å². The number of amides is 2. The summed E-state index contributed by atoms with van der Waals surface area (Å²) in [6.07, 6.45) is 0.227. The Bertz CT molecular complexity index is 475. The summed E-state index contributed by atoms with van der Waals surface area (Å²) >= 11 is 5.80. The number of anilines is 1. The molecule has 0 atom stereocenters. The molecule has 0 unspecified atom stereocenters. The predicted octanol–water partition coefficient (Wildman–Crippen LogP) is 1.57. The second-order valence-corrected chi connectivity index (χ2v) is 4.90. The van der Waals surface area contributed by atoms with Crippen LogP contribution in [0.25, 0.3) is 0 Å². The molecule has 0 radical (unpaired) electrons. The van der Waals surface area contributed by atoms with Crippen molar-refractivity contribution in [1.82, 2.24) is 10.6 Å². The lowest BCUT2D eigenvalue weighted by atomic mass is 10.1. The Kier molecular flexibility index (Phi) is 5.63. The molecular weight excluding hydrogens is 266 g/mol. The number of nitrogens with one attached hydrogen (secondary N) is 2. The zero-order valence-corrected chi connectivity index (χ0v) is 11.8. The van der Waals surface area contributed by atoms with E-state index in [-0.39, 0.29) is 30.8 Å². The molecule has 0 heterocycles. The number of halogens is 1. The first-order chi connectivity index (χ1) is 8.90. The summed E-state index contributed by atoms with van der Waals surface area (Å²) in [7, 11) is 0. The number of carbonyl (C=O) groups is 2. The number of hydrogen-bond donors (Lipinski definition) is 3. The van der Waals surface area contributed by atoms with Crippen molar-refractivity contribution in [2.24, 2.45) is 0 Å². The lowest BCUT2D eigenvalue weighted by molar-refractivity contribution is -0.121. The van der Waals surface area contributed by atoms with Crippen LogP contribution < -0.4 is 16.4 Å². The molecular formula is C13H18ClN3O2. The molecule has 4 N–H and O–H groups in total. The van der Waals surface area contributed by atoms with Crippen LogP contribution >= 0.6 is 11.6 Å². The Hall–Kier alpha value is -1.75. The molecule has 0 aliphatic heterocycles. The van der Waals surface area contributed by atoms with Crippen LogP contribution in [0.5, 0.6) is 0 Å². The van der Waals surface area contributed by atoms with Crippen molar-refractivity contribution in [2.75, 3.05) is 12.3 Å². The van der Waals surface area contributed by atoms with Crippen molar-refractivity contribution < 1.29 is 9.59 Å². The highest BCUT2D eigenvalue weighted by Gasteiger charge is 2.10. The average molecular weight is 284 g/mol. The lowest BCUT2D eigenvalue weighted by Crippen LogP contribution is -2.34. The zero-order chi connectivity index (χ0) is 14.4. The molecule has 0 fully saturated rings. The van der Waals surface area contributed by atoms with Crippen LogP contribution in [0.1, 0.15) is 30.6 Å². The molecule has 6 heteroatoms. The number of nitrogen functional groups attached to an aromatic ring is 1. The fourth-order valence-electron chi connectivity index (χ4n) is 1.50. The molecule has 19 heavy (non-hydrogen) atoms. The second-order valence-electron chi connectivity index (χ2n) is 4.46. The maximum atomic E-state index is 11.8. The number of carbonyl (C=O) groups excluding carboxylic acids is 2. The fraction of sp³-hybridized carbons (Fsp3) is 0.385. The largest absolute Gasteiger partial charge is 0.398 e. The summed E-state index contributed by atoms with van der Waals surface area (Å²) in [6, 6.07) is 4.78. The molecule has 1 aromatic carbocycles. The van der Waals surface area contributed by atoms with E-state index in [4.69, 9.17) is 17.3 Å². The first kappa shape index (κ1) is 15.3. The van der Waals surface area contributed by atoms with Crippen molar-refractivity contribution in [3.63, 3.8) is 0 Å². The molecule has 1 rings (SSSR count). The number of hydrogen-bond acceptors (Lipinski definition) is 3. The van der Waals surface area contributed by atoms with E-state index in [0.29, 0.717) is 16.3 Å². The molecule has 104 valence electrons. The molecule has 2 amide bonds. The minimum Gasteiger partial charge on any atom is -0.398 e. The molecule has 0 saturated carbocycles. The maximum absolute atomic E-state index is 11.8. The Morgan fingerprint density at radius 1 is 1.37 bits per heavy atom. The summed E-state index contributed by atoms with van der Waals surface area (Å²) in [4.78, 5) is 23.2. The van der Waals surface area contributed by atoms with Crippen molar-refractivity contribution in [1.29, 1.82) is 0 Å². The van der Waals surface area contributed by atoms with Crippen LogP contribution in [0, 0.1) is 0 Å². The van der Waals surface area contributed by atoms with E-state index < -0.39 is 0 Å². The van der Waals surface area contributed by atoms with Gasteiger partial charge in [-0.15, -0.1) is 0 Å². The van der Waals surface area contributed by atoms with Gasteiger partial charge in [0.1, 0.15) is 0 Å². The quantitative estimate of drug-likeness (QED) is 0.717. The van der Waals surface area contributed by atoms with Crippen LogP contribution in [0.3, 0.4) is 0 Å². The standard InChI is InChI=1S/C13H18ClN3O2/c1-8(2)17-12(18)5-6-16-13(19)10-7-9(14)3-4-11(10)15/h3-4,7-8H,5-6,15H2,1-2H3,(H,16,19)(H,17,18). The Balaban J connectivity index is 2.48. The molecule has 5 nitrogen and oxygen atoms in total. The van der Waals surface area contributed by atoms with E-state index in [1.54, 1.807) is 12.1 Å². The van der Waals surface area contributed by atoms with Crippen molar-refractivity contribution >= 4 is 29.1 Å². The number of rotatable bonds is 5. The van der Waals surface area contributed by atoms with E-state index in [2.05, 4.69) is 10.6 Å². The molecule has 0 aliphatic rings. The van der Waals surface area contributed by atoms with Gasteiger partial charge in [0, 0.05) is 29.7 Å². The van der Waals surface area contributed by atoms with Gasteiger partial charge in [-0.2, -0.15) is 0 Å². The van der Waals surface area contributed by atoms with Crippen LogP contribution in [0.2, 0.25) is 5.02 Å². The molecule has 0 aliphatic carbocycles. The van der Waals surface area contributed by atoms with Gasteiger partial charge in [0.2, 0.25) is 5.91 Å². The zero-order valence-electron chi connectivity index (χ0n) is 11.0. The minimum absolute atomic E-state index is 0.0896. The van der Waals surface area contributed by atoms with Crippen LogP contribution in [-0.2, 0) is 4.79 Å². The summed E-state index contributed by atoms with van der Waals surface area (Å²) in [5.41, 5.74) is 6.36. The normalized spacial score (nSPS) is 10.3. The van der Waals surface area contributed by atoms with Crippen molar-refractivity contribution in [2.45, 2.75) is 26.3 Å². The fourth-order valence-corrected chi connectivity index (χ4v) is 1.68. The smallest absolute Gasteiger partial charge is 0.253 e. The molecule has 0 bridgehead atoms. The Morgan fingerprint density at radius 2 is 2.05 bits per heavy atom. The van der Waals surface area contributed by atoms with Gasteiger partial charge in [-0.25, -0.2) is 0 Å². The Morgan fingerprint density at radius 3 is 2.68 bits per heavy atom. The lowest BCUT2D eigenvalue weighted by Gasteiger charge is -2.10. The van der Waals surface area contributed by atoms with E-state index in [0.717, 1.165) is 0 Å². The topological polar surface area (TPSA) is 84.2 Å². The Labute approximate surface area is 117 Å². The minimum atomic E-state index is -0.336. The monoisotopic (exact) mass is 283 g/mol. The highest BCUT2D eigenvalue weighted by Crippen LogP contribution is 2.17. The van der Waals surface area contributed by atoms with Gasteiger partial charge in [0.25, 0.3) is 5.91 Å². The molecule has 1 aromatic rings. The van der Waals surface area contributed by atoms with E-state index in [9.17, 15) is 9.59 Å². The van der Waals surface area contributed by atoms with Gasteiger partial charge >= 0.3 is 0 Å². The number of nitrogens with two attached hydrogens (primary N) is 1. The predicted molar refractivity (Wildman–Crippen MR) is 76.1 cm³/mol. The first-order valence-corrected chi connectivity index (χ1v) is 6.40. The van der Waals surface area contributed by atoms with E-state index >= 15 is 0 Å². The van der Waals surface area contributed by atoms with E-state index in [1.807, 2.05) is 13.8 Å². The third-order valence-corrected chi connectivity index (χ3v) is 2.58. The molecule has 0 aromatic heterocycles. The maximum Gasteiger partial charge on any atom is 0.253 e. The summed E-state index contributed by atoms with van der Waals surface area (Å²) in [5, 5.41) is 5.82. The molecule has 0 saturated heterocycles. The van der Waals surface area contributed by atoms with Crippen LogP contribution in [-0.4, -0.2) is 24.4 Å². The van der Waals surface area contributed by atoms with E-state index in [1.165, 1.54) is 6.07 Å². The van der Waals surface area contributed by atoms with Gasteiger partial charge in [-0.1, -0.05) is 11.6 Å². The highest BCUT2D eigenvalue weighted by molar-refractivity contribution is 6.31. The van der Waals surface area contributed by atoms with Crippen molar-refractivity contribution in [3.05, 3.63) is 28.8 Å². The first-order valence-electron chi connectivity index (χ1n) is 6.02. The van der Waals surface area contributed by atoms with Gasteiger partial charge in [-0.05, 0) is 32.0 Å². The second kappa shape index (κ2) is 6.99. The number of benzene rings is 1. The van der Waals surface area contributed by atoms with Gasteiger partial charge in [-0.3, -0.25) is 9.59 Å². The van der Waals surface area contributed by atoms with Crippen LogP contribution in [0.4, 0.5) is 5.69 Å². The summed E-state index contributed by atoms with van der Waals surface area (Å²) in [5.74, 6) is -0.438. The van der Waals surface area contributed by atoms with Gasteiger partial charge in [0.15, 0.2) is 0 Å². The summed E-state index contributed by atoms with van der Waals surface area (Å²) < 4.78 is 0. The SMILES string of the molecule is CC(C)NC(=O)CCNC(=O)c1cc(Cl)ccc1N. The van der Waals surface area contributed by atoms with Crippen LogP contribution in [0.15, 0.2) is 18.2 Å². The molecule has 0 spiro atoms. The average Bonchev–Trinajstić information content (AvgIpc) is 2.31.